The van der Waals surface area contributed by atoms with Gasteiger partial charge in [0.1, 0.15) is 22.3 Å². The molecule has 10 rings (SSSR count). The molecule has 0 radical (unpaired) electrons. The lowest BCUT2D eigenvalue weighted by Gasteiger charge is -2.18. The lowest BCUT2D eigenvalue weighted by molar-refractivity contribution is 0.663. The quantitative estimate of drug-likeness (QED) is 0.189. The number of hydrogen-bond donors (Lipinski definition) is 0. The average Bonchev–Trinajstić information content (AvgIpc) is 3.91. The molecule has 0 aliphatic rings. The van der Waals surface area contributed by atoms with Gasteiger partial charge in [-0.05, 0) is 90.8 Å². The van der Waals surface area contributed by atoms with Crippen molar-refractivity contribution in [3.8, 4) is 22.3 Å². The van der Waals surface area contributed by atoms with Crippen molar-refractivity contribution in [2.75, 3.05) is 0 Å². The SMILES string of the molecule is [2H]c1c([2H])c([2H])c2c(oc3c([2H])c([2H])c4oc5c([2H])c(-c6c7c([2H])c([2H])c([2H])c([2H])c7c(-c7c([2H])c([2H])c8c([2H])c([2H])c([2H])c([2H])c8c7[2H])c7c([2H])c([2H])c([2H])c([2H])c67)c([2H])c([2H])c5c4c32)c1[2H]. The van der Waals surface area contributed by atoms with Crippen LogP contribution in [-0.2, 0) is 0 Å². The van der Waals surface area contributed by atoms with Crippen LogP contribution in [0.4, 0.5) is 0 Å². The zero-order valence-corrected chi connectivity index (χ0v) is 21.8. The number of para-hydroxylation sites is 1. The smallest absolute Gasteiger partial charge is 0.136 e. The largest absolute Gasteiger partial charge is 0.456 e. The second kappa shape index (κ2) is 8.82. The van der Waals surface area contributed by atoms with E-state index in [0.717, 1.165) is 0 Å². The Kier molecular flexibility index (Phi) is 2.08. The normalized spacial score (nSPS) is 19.7. The predicted molar refractivity (Wildman–Crippen MR) is 184 cm³/mol. The molecule has 0 fully saturated rings. The Balaban J connectivity index is 1.49. The third kappa shape index (κ3) is 3.25. The first kappa shape index (κ1) is 10.4. The number of benzene rings is 8. The van der Waals surface area contributed by atoms with Crippen LogP contribution in [0, 0.1) is 0 Å². The van der Waals surface area contributed by atoms with Gasteiger partial charge < -0.3 is 8.83 Å². The Labute approximate surface area is 286 Å². The van der Waals surface area contributed by atoms with E-state index in [1.165, 1.54) is 0 Å². The molecule has 2 heteroatoms. The minimum Gasteiger partial charge on any atom is -0.456 e. The van der Waals surface area contributed by atoms with E-state index >= 15 is 0 Å². The van der Waals surface area contributed by atoms with Gasteiger partial charge in [-0.25, -0.2) is 0 Å². The van der Waals surface area contributed by atoms with Gasteiger partial charge in [0.25, 0.3) is 0 Å². The fourth-order valence-electron chi connectivity index (χ4n) is 5.65. The van der Waals surface area contributed by atoms with Crippen LogP contribution in [0.2, 0.25) is 0 Å². The van der Waals surface area contributed by atoms with E-state index in [-0.39, 0.29) is 21.5 Å². The van der Waals surface area contributed by atoms with E-state index in [0.29, 0.717) is 0 Å². The first-order valence-electron chi connectivity index (χ1n) is 25.1. The van der Waals surface area contributed by atoms with Crippen LogP contribution >= 0.6 is 0 Å². The molecule has 2 heterocycles. The third-order valence-corrected chi connectivity index (χ3v) is 7.46. The van der Waals surface area contributed by atoms with Crippen molar-refractivity contribution < 1.29 is 41.7 Å². The van der Waals surface area contributed by atoms with Gasteiger partial charge in [0.2, 0.25) is 0 Å². The van der Waals surface area contributed by atoms with Gasteiger partial charge in [0.05, 0.1) is 32.9 Å². The van der Waals surface area contributed by atoms with Crippen LogP contribution < -0.4 is 0 Å². The molecule has 2 nitrogen and oxygen atoms in total. The first-order valence-corrected chi connectivity index (χ1v) is 13.1. The second-order valence-electron chi connectivity index (χ2n) is 9.77. The van der Waals surface area contributed by atoms with E-state index in [2.05, 4.69) is 0 Å². The summed E-state index contributed by atoms with van der Waals surface area (Å²) in [7, 11) is 0. The van der Waals surface area contributed by atoms with Crippen molar-refractivity contribution in [3.05, 3.63) is 145 Å². The van der Waals surface area contributed by atoms with Crippen molar-refractivity contribution in [1.82, 2.24) is 0 Å². The summed E-state index contributed by atoms with van der Waals surface area (Å²) in [6.07, 6.45) is 0. The molecule has 44 heavy (non-hydrogen) atoms. The van der Waals surface area contributed by atoms with E-state index in [9.17, 15) is 12.3 Å². The van der Waals surface area contributed by atoms with Crippen molar-refractivity contribution >= 4 is 76.2 Å². The van der Waals surface area contributed by atoms with Gasteiger partial charge in [-0.1, -0.05) is 109 Å². The lowest BCUT2D eigenvalue weighted by Crippen LogP contribution is -1.91. The molecule has 10 aromatic rings. The molecule has 204 valence electrons. The summed E-state index contributed by atoms with van der Waals surface area (Å²) in [5.74, 6) is 0. The minimum absolute atomic E-state index is 0.211. The van der Waals surface area contributed by atoms with Crippen LogP contribution in [0.25, 0.3) is 98.4 Å². The summed E-state index contributed by atoms with van der Waals surface area (Å²) in [5, 5.41) is -4.88. The summed E-state index contributed by atoms with van der Waals surface area (Å²) in [6, 6.07) is -19.8. The zero-order chi connectivity index (χ0) is 49.7. The standard InChI is InChI=1S/C42H24O2/c1-2-10-26-23-27(18-17-25(26)9-1)39-29-11-3-5-13-31(29)40(32-14-6-4-12-30(32)39)28-19-20-34-38(24-28)44-37-22-21-36-41(42(34)37)33-15-7-8-16-35(33)43-36/h1-24H/i1D,2D,3D,4D,5D,6D,7D,8D,9D,10D,11D,12D,13D,14D,15D,16D,17D,18D,19D,20D,21D,22D,23D,24D. The summed E-state index contributed by atoms with van der Waals surface area (Å²) in [4.78, 5) is 0. The van der Waals surface area contributed by atoms with E-state index < -0.39 is 222 Å². The molecular formula is C42H24O2. The maximum Gasteiger partial charge on any atom is 0.136 e. The molecule has 0 spiro atoms. The summed E-state index contributed by atoms with van der Waals surface area (Å²) in [6.45, 7) is 0. The fourth-order valence-corrected chi connectivity index (χ4v) is 5.65. The molecule has 0 aliphatic carbocycles. The molecule has 0 aliphatic heterocycles. The highest BCUT2D eigenvalue weighted by molar-refractivity contribution is 6.27. The molecule has 8 aromatic carbocycles. The van der Waals surface area contributed by atoms with E-state index in [4.69, 9.17) is 29.4 Å². The molecule has 0 unspecified atom stereocenters. The molecule has 2 aromatic heterocycles. The number of rotatable bonds is 2. The number of furan rings is 2. The van der Waals surface area contributed by atoms with Crippen molar-refractivity contribution in [3.63, 3.8) is 0 Å². The maximum atomic E-state index is 9.73. The highest BCUT2D eigenvalue weighted by atomic mass is 16.3. The Bertz CT molecular complexity index is 4050. The van der Waals surface area contributed by atoms with Gasteiger partial charge >= 0.3 is 0 Å². The summed E-state index contributed by atoms with van der Waals surface area (Å²) in [5.41, 5.74) is -4.61. The van der Waals surface area contributed by atoms with Crippen LogP contribution in [0.1, 0.15) is 32.9 Å². The van der Waals surface area contributed by atoms with Crippen molar-refractivity contribution in [2.45, 2.75) is 0 Å². The van der Waals surface area contributed by atoms with Gasteiger partial charge in [-0.2, -0.15) is 0 Å². The molecule has 0 atom stereocenters. The second-order valence-corrected chi connectivity index (χ2v) is 9.77. The average molecular weight is 585 g/mol. The van der Waals surface area contributed by atoms with Gasteiger partial charge in [0, 0.05) is 21.5 Å². The topological polar surface area (TPSA) is 26.3 Å². The Hall–Kier alpha value is -5.86. The van der Waals surface area contributed by atoms with Crippen LogP contribution in [0.5, 0.6) is 0 Å². The van der Waals surface area contributed by atoms with Crippen LogP contribution in [0.3, 0.4) is 0 Å². The Morgan fingerprint density at radius 3 is 1.48 bits per heavy atom. The van der Waals surface area contributed by atoms with Gasteiger partial charge in [-0.15, -0.1) is 0 Å². The molecule has 0 amide bonds. The Morgan fingerprint density at radius 2 is 0.818 bits per heavy atom. The zero-order valence-electron chi connectivity index (χ0n) is 45.8. The van der Waals surface area contributed by atoms with Crippen LogP contribution in [0.15, 0.2) is 154 Å². The maximum absolute atomic E-state index is 9.73. The van der Waals surface area contributed by atoms with Gasteiger partial charge in [0.15, 0.2) is 0 Å². The first-order chi connectivity index (χ1) is 31.8. The van der Waals surface area contributed by atoms with Gasteiger partial charge in [-0.3, -0.25) is 0 Å². The van der Waals surface area contributed by atoms with E-state index in [1.54, 1.807) is 0 Å². The molecule has 0 N–H and O–H groups in total. The molecular weight excluding hydrogens is 536 g/mol. The molecule has 0 bridgehead atoms. The summed E-state index contributed by atoms with van der Waals surface area (Å²) >= 11 is 0. The monoisotopic (exact) mass is 584 g/mol. The van der Waals surface area contributed by atoms with E-state index in [1.807, 2.05) is 0 Å². The minimum atomic E-state index is -0.935. The van der Waals surface area contributed by atoms with Crippen molar-refractivity contribution in [1.29, 1.82) is 0 Å². The van der Waals surface area contributed by atoms with Crippen molar-refractivity contribution in [2.24, 2.45) is 0 Å². The Morgan fingerprint density at radius 1 is 0.341 bits per heavy atom. The fraction of sp³-hybridized carbons (Fsp3) is 0. The number of fused-ring (bicyclic) bond motifs is 10. The molecule has 0 saturated heterocycles. The lowest BCUT2D eigenvalue weighted by atomic mass is 9.85. The van der Waals surface area contributed by atoms with Crippen LogP contribution in [-0.4, -0.2) is 0 Å². The molecule has 0 saturated carbocycles. The highest BCUT2D eigenvalue weighted by Gasteiger charge is 2.20. The number of hydrogen-bond acceptors (Lipinski definition) is 2. The summed E-state index contributed by atoms with van der Waals surface area (Å²) < 4.78 is 226. The third-order valence-electron chi connectivity index (χ3n) is 7.46. The highest BCUT2D eigenvalue weighted by Crippen LogP contribution is 2.46. The predicted octanol–water partition coefficient (Wildman–Crippen LogP) is 12.3.